The van der Waals surface area contributed by atoms with Gasteiger partial charge in [0.15, 0.2) is 17.6 Å². The van der Waals surface area contributed by atoms with Crippen molar-refractivity contribution in [2.24, 2.45) is 0 Å². The quantitative estimate of drug-likeness (QED) is 0.144. The van der Waals surface area contributed by atoms with Crippen molar-refractivity contribution in [3.63, 3.8) is 0 Å². The highest BCUT2D eigenvalue weighted by Gasteiger charge is 2.55. The number of esters is 1. The predicted molar refractivity (Wildman–Crippen MR) is 158 cm³/mol. The molecule has 4 aromatic rings. The average molecular weight is 628 g/mol. The molecule has 6 atom stereocenters. The van der Waals surface area contributed by atoms with Crippen LogP contribution >= 0.6 is 8.18 Å². The molecule has 2 heterocycles. The van der Waals surface area contributed by atoms with E-state index < -0.39 is 62.2 Å². The third-order valence-corrected chi connectivity index (χ3v) is 8.49. The normalized spacial score (nSPS) is 23.0. The van der Waals surface area contributed by atoms with Gasteiger partial charge in [-0.1, -0.05) is 71.6 Å². The number of fused-ring (bicyclic) bond motifs is 1. The molecule has 1 saturated heterocycles. The number of halogens is 1. The molecule has 0 aliphatic carbocycles. The minimum atomic E-state index is -3.43. The lowest BCUT2D eigenvalue weighted by atomic mass is 9.98. The number of aromatic amines is 1. The van der Waals surface area contributed by atoms with E-state index in [9.17, 15) is 24.1 Å². The van der Waals surface area contributed by atoms with Gasteiger partial charge in [-0.2, -0.15) is 0 Å². The first-order valence-electron chi connectivity index (χ1n) is 13.7. The summed E-state index contributed by atoms with van der Waals surface area (Å²) in [6, 6.07) is 21.3. The van der Waals surface area contributed by atoms with Crippen molar-refractivity contribution in [2.45, 2.75) is 50.6 Å². The highest BCUT2D eigenvalue weighted by Crippen LogP contribution is 2.42. The summed E-state index contributed by atoms with van der Waals surface area (Å²) in [7, 11) is -3.43. The smallest absolute Gasteiger partial charge is 0.330 e. The first kappa shape index (κ1) is 31.3. The van der Waals surface area contributed by atoms with E-state index in [2.05, 4.69) is 0 Å². The number of rotatable bonds is 11. The number of hydrogen-bond acceptors (Lipinski definition) is 9. The molecule has 3 aromatic carbocycles. The Labute approximate surface area is 251 Å². The molecule has 5 rings (SSSR count). The molecule has 0 saturated carbocycles. The number of carbonyl (C=O) groups is 1. The summed E-state index contributed by atoms with van der Waals surface area (Å²) in [5, 5.41) is 12.2. The van der Waals surface area contributed by atoms with Gasteiger partial charge in [0.05, 0.1) is 6.61 Å². The van der Waals surface area contributed by atoms with Crippen LogP contribution in [0, 0.1) is 0 Å². The fourth-order valence-electron chi connectivity index (χ4n) is 4.78. The second-order valence-electron chi connectivity index (χ2n) is 10.4. The van der Waals surface area contributed by atoms with Crippen molar-refractivity contribution in [2.75, 3.05) is 6.61 Å². The molecule has 1 aromatic heterocycles. The number of nitrogens with zero attached hydrogens (tertiary/aromatic N) is 2. The van der Waals surface area contributed by atoms with Crippen LogP contribution in [0.5, 0.6) is 5.75 Å². The SMILES string of the molecule is CC(C(=O)OCc1ccccc1)N(Oc1cccc2ccccc12)[PH](=O)OC[C@H]1O[C@@H](n2ccc(=O)[nH]c2=O)[C@](C)(F)[C@@H]1O. The molecule has 0 amide bonds. The van der Waals surface area contributed by atoms with Crippen LogP contribution in [0.4, 0.5) is 4.39 Å². The molecule has 12 nitrogen and oxygen atoms in total. The Morgan fingerprint density at radius 2 is 1.82 bits per heavy atom. The molecule has 14 heteroatoms. The van der Waals surface area contributed by atoms with Crippen molar-refractivity contribution >= 4 is 24.9 Å². The number of hydroxylamine groups is 1. The highest BCUT2D eigenvalue weighted by atomic mass is 31.1. The van der Waals surface area contributed by atoms with E-state index in [1.165, 1.54) is 6.92 Å². The number of alkyl halides is 1. The fraction of sp³-hybridized carbons (Fsp3) is 0.300. The number of aliphatic hydroxyl groups is 1. The maximum absolute atomic E-state index is 15.6. The van der Waals surface area contributed by atoms with E-state index >= 15 is 4.39 Å². The lowest BCUT2D eigenvalue weighted by molar-refractivity contribution is -0.156. The molecular weight excluding hydrogens is 596 g/mol. The van der Waals surface area contributed by atoms with Crippen molar-refractivity contribution in [3.8, 4) is 5.75 Å². The van der Waals surface area contributed by atoms with Gasteiger partial charge in [0.25, 0.3) is 13.7 Å². The van der Waals surface area contributed by atoms with Crippen LogP contribution in [0.3, 0.4) is 0 Å². The molecule has 2 N–H and O–H groups in total. The summed E-state index contributed by atoms with van der Waals surface area (Å²) in [5.41, 5.74) is -3.37. The van der Waals surface area contributed by atoms with Crippen molar-refractivity contribution < 1.29 is 37.7 Å². The zero-order valence-electron chi connectivity index (χ0n) is 23.8. The number of aliphatic hydroxyl groups excluding tert-OH is 1. The maximum atomic E-state index is 15.6. The van der Waals surface area contributed by atoms with Gasteiger partial charge >= 0.3 is 11.7 Å². The number of ether oxygens (including phenoxy) is 2. The van der Waals surface area contributed by atoms with E-state index in [0.29, 0.717) is 11.1 Å². The number of benzene rings is 3. The van der Waals surface area contributed by atoms with Crippen LogP contribution in [-0.2, 0) is 30.0 Å². The molecule has 1 fully saturated rings. The molecule has 0 radical (unpaired) electrons. The summed E-state index contributed by atoms with van der Waals surface area (Å²) in [4.78, 5) is 45.7. The van der Waals surface area contributed by atoms with Gasteiger partial charge in [0.2, 0.25) is 0 Å². The summed E-state index contributed by atoms with van der Waals surface area (Å²) in [5.74, 6) is -0.458. The topological polar surface area (TPSA) is 149 Å². The largest absolute Gasteiger partial charge is 0.460 e. The monoisotopic (exact) mass is 627 g/mol. The molecule has 0 spiro atoms. The van der Waals surface area contributed by atoms with Gasteiger partial charge < -0.3 is 23.9 Å². The molecule has 44 heavy (non-hydrogen) atoms. The van der Waals surface area contributed by atoms with Crippen LogP contribution in [0.2, 0.25) is 0 Å². The second kappa shape index (κ2) is 13.2. The van der Waals surface area contributed by atoms with Gasteiger partial charge in [-0.15, -0.1) is 0 Å². The van der Waals surface area contributed by atoms with Gasteiger partial charge in [0.1, 0.15) is 24.9 Å². The molecule has 0 bridgehead atoms. The summed E-state index contributed by atoms with van der Waals surface area (Å²) in [6.45, 7) is 1.84. The summed E-state index contributed by atoms with van der Waals surface area (Å²) < 4.78 is 46.6. The first-order valence-corrected chi connectivity index (χ1v) is 15.0. The zero-order valence-corrected chi connectivity index (χ0v) is 24.8. The van der Waals surface area contributed by atoms with Gasteiger partial charge in [-0.05, 0) is 30.9 Å². The van der Waals surface area contributed by atoms with Gasteiger partial charge in [-0.25, -0.2) is 9.18 Å². The maximum Gasteiger partial charge on any atom is 0.330 e. The van der Waals surface area contributed by atoms with Crippen LogP contribution in [0.25, 0.3) is 10.8 Å². The van der Waals surface area contributed by atoms with Crippen LogP contribution in [0.15, 0.2) is 94.6 Å². The third kappa shape index (κ3) is 6.67. The Kier molecular flexibility index (Phi) is 9.42. The summed E-state index contributed by atoms with van der Waals surface area (Å²) >= 11 is 0. The third-order valence-electron chi connectivity index (χ3n) is 7.23. The van der Waals surface area contributed by atoms with E-state index in [4.69, 9.17) is 18.8 Å². The number of hydrogen-bond donors (Lipinski definition) is 2. The first-order chi connectivity index (χ1) is 21.1. The zero-order chi connectivity index (χ0) is 31.4. The predicted octanol–water partition coefficient (Wildman–Crippen LogP) is 3.51. The summed E-state index contributed by atoms with van der Waals surface area (Å²) in [6.07, 6.45) is -3.75. The molecule has 1 aliphatic heterocycles. The minimum absolute atomic E-state index is 0.0311. The number of H-pyrrole nitrogens is 1. The highest BCUT2D eigenvalue weighted by molar-refractivity contribution is 7.36. The Morgan fingerprint density at radius 3 is 2.57 bits per heavy atom. The number of carbonyl (C=O) groups excluding carboxylic acids is 1. The Balaban J connectivity index is 1.34. The number of nitrogens with one attached hydrogen (secondary N) is 1. The average Bonchev–Trinajstić information content (AvgIpc) is 3.24. The lowest BCUT2D eigenvalue weighted by Crippen LogP contribution is -2.43. The minimum Gasteiger partial charge on any atom is -0.460 e. The Bertz CT molecular complexity index is 1760. The van der Waals surface area contributed by atoms with E-state index in [-0.39, 0.29) is 6.61 Å². The van der Waals surface area contributed by atoms with Crippen molar-refractivity contribution in [3.05, 3.63) is 111 Å². The Hall–Kier alpha value is -4.13. The molecular formula is C30H31FN3O9P. The van der Waals surface area contributed by atoms with E-state index in [1.807, 2.05) is 29.2 Å². The molecule has 2 unspecified atom stereocenters. The van der Waals surface area contributed by atoms with Crippen LogP contribution in [0.1, 0.15) is 25.6 Å². The van der Waals surface area contributed by atoms with Crippen molar-refractivity contribution in [1.82, 2.24) is 14.4 Å². The second-order valence-corrected chi connectivity index (χ2v) is 11.6. The van der Waals surface area contributed by atoms with Gasteiger partial charge in [-0.3, -0.25) is 23.7 Å². The lowest BCUT2D eigenvalue weighted by Gasteiger charge is -2.27. The van der Waals surface area contributed by atoms with Crippen molar-refractivity contribution in [1.29, 1.82) is 0 Å². The standard InChI is InChI=1S/C30H31FN3O9P/c1-19(27(37)40-17-20-9-4-3-5-10-20)34(43-23-14-8-12-21-11-6-7-13-22(21)23)44(39)41-18-24-26(36)30(2,31)28(42-24)33-16-15-25(35)32-29(33)38/h3-16,19,24,26,28,36,44H,17-18H2,1-2H3,(H,32,35,38)/t19?,24-,26-,28-,30-/m1/s1. The Morgan fingerprint density at radius 1 is 1.11 bits per heavy atom. The number of aromatic nitrogens is 2. The van der Waals surface area contributed by atoms with Crippen LogP contribution < -0.4 is 16.1 Å². The van der Waals surface area contributed by atoms with Crippen LogP contribution in [-0.4, -0.2) is 56.0 Å². The van der Waals surface area contributed by atoms with E-state index in [1.54, 1.807) is 48.5 Å². The van der Waals surface area contributed by atoms with E-state index in [0.717, 1.165) is 39.5 Å². The molecule has 1 aliphatic rings. The fourth-order valence-corrected chi connectivity index (χ4v) is 5.81. The molecule has 232 valence electrons. The van der Waals surface area contributed by atoms with Gasteiger partial charge in [0, 0.05) is 17.6 Å².